The largest absolute Gasteiger partial charge is 0.396 e. The van der Waals surface area contributed by atoms with E-state index in [1.54, 1.807) is 14.5 Å². The first-order valence-electron chi connectivity index (χ1n) is 13.1. The number of para-hydroxylation sites is 1. The summed E-state index contributed by atoms with van der Waals surface area (Å²) in [6.45, 7) is 3.55. The standard InChI is InChI=1S/C29H33N5O4/c1-21(7-4-5-16-32-20-23(15-18-35)30-31-32)29(38)25-8-2-3-9-26(25)34(28(29)37)19-22-11-13-24(14-12-22)33-17-6-10-27(33)36/h2-4,7-9,11-14,20-21,35,38H,5-6,10,15-19H2,1H3/b7-4+/t21-,29+/m1/s1. The highest BCUT2D eigenvalue weighted by molar-refractivity contribution is 6.07. The SMILES string of the molecule is C[C@H](/C=C/CCn1cc(CCO)nn1)[C@@]1(O)C(=O)N(Cc2ccc(N3CCCC3=O)cc2)c2ccccc21. The molecule has 2 aromatic carbocycles. The number of aryl methyl sites for hydroxylation is 1. The van der Waals surface area contributed by atoms with E-state index in [1.165, 1.54) is 0 Å². The van der Waals surface area contributed by atoms with Crippen LogP contribution in [0.15, 0.2) is 66.9 Å². The van der Waals surface area contributed by atoms with E-state index in [1.807, 2.05) is 73.8 Å². The first kappa shape index (κ1) is 25.8. The smallest absolute Gasteiger partial charge is 0.264 e. The lowest BCUT2D eigenvalue weighted by Gasteiger charge is -2.27. The molecule has 9 nitrogen and oxygen atoms in total. The number of carbonyl (C=O) groups excluding carboxylic acids is 2. The van der Waals surface area contributed by atoms with Crippen LogP contribution in [0.25, 0.3) is 0 Å². The van der Waals surface area contributed by atoms with Gasteiger partial charge in [-0.3, -0.25) is 14.3 Å². The van der Waals surface area contributed by atoms with Gasteiger partial charge < -0.3 is 20.0 Å². The van der Waals surface area contributed by atoms with Gasteiger partial charge in [0.1, 0.15) is 0 Å². The van der Waals surface area contributed by atoms with Gasteiger partial charge in [-0.25, -0.2) is 0 Å². The van der Waals surface area contributed by atoms with Crippen molar-refractivity contribution in [2.75, 3.05) is 23.0 Å². The number of anilines is 2. The van der Waals surface area contributed by atoms with Crippen molar-refractivity contribution in [3.63, 3.8) is 0 Å². The quantitative estimate of drug-likeness (QED) is 0.402. The Labute approximate surface area is 222 Å². The summed E-state index contributed by atoms with van der Waals surface area (Å²) < 4.78 is 1.72. The third-order valence-electron chi connectivity index (χ3n) is 7.40. The summed E-state index contributed by atoms with van der Waals surface area (Å²) in [7, 11) is 0. The molecule has 0 aliphatic carbocycles. The van der Waals surface area contributed by atoms with Crippen molar-refractivity contribution in [3.05, 3.63) is 83.7 Å². The van der Waals surface area contributed by atoms with E-state index in [0.29, 0.717) is 43.6 Å². The molecule has 0 saturated carbocycles. The molecule has 0 radical (unpaired) electrons. The zero-order valence-corrected chi connectivity index (χ0v) is 21.5. The molecule has 2 aliphatic rings. The Kier molecular flexibility index (Phi) is 7.40. The van der Waals surface area contributed by atoms with Crippen LogP contribution in [0.5, 0.6) is 0 Å². The van der Waals surface area contributed by atoms with Crippen molar-refractivity contribution in [2.45, 2.75) is 51.3 Å². The van der Waals surface area contributed by atoms with Gasteiger partial charge >= 0.3 is 0 Å². The van der Waals surface area contributed by atoms with E-state index < -0.39 is 11.5 Å². The maximum absolute atomic E-state index is 13.7. The average Bonchev–Trinajstić information content (AvgIpc) is 3.62. The molecule has 0 unspecified atom stereocenters. The van der Waals surface area contributed by atoms with Crippen LogP contribution in [0.3, 0.4) is 0 Å². The van der Waals surface area contributed by atoms with E-state index in [9.17, 15) is 14.7 Å². The van der Waals surface area contributed by atoms with Gasteiger partial charge in [0.2, 0.25) is 5.91 Å². The van der Waals surface area contributed by atoms with Gasteiger partial charge in [-0.05, 0) is 36.6 Å². The van der Waals surface area contributed by atoms with Crippen LogP contribution in [0.1, 0.15) is 43.0 Å². The number of nitrogens with zero attached hydrogens (tertiary/aromatic N) is 5. The number of aliphatic hydroxyl groups excluding tert-OH is 1. The summed E-state index contributed by atoms with van der Waals surface area (Å²) in [5, 5.41) is 28.9. The number of rotatable bonds is 10. The molecule has 0 bridgehead atoms. The molecule has 1 fully saturated rings. The average molecular weight is 516 g/mol. The first-order valence-corrected chi connectivity index (χ1v) is 13.1. The summed E-state index contributed by atoms with van der Waals surface area (Å²) in [5.41, 5.74) is 2.17. The van der Waals surface area contributed by atoms with E-state index in [2.05, 4.69) is 10.3 Å². The van der Waals surface area contributed by atoms with Gasteiger partial charge in [0.05, 0.1) is 17.9 Å². The molecular formula is C29H33N5O4. The number of carbonyl (C=O) groups is 2. The summed E-state index contributed by atoms with van der Waals surface area (Å²) in [6.07, 6.45) is 8.23. The van der Waals surface area contributed by atoms with Crippen molar-refractivity contribution < 1.29 is 19.8 Å². The second-order valence-electron chi connectivity index (χ2n) is 9.94. The number of hydrogen-bond acceptors (Lipinski definition) is 6. The van der Waals surface area contributed by atoms with Crippen LogP contribution in [0, 0.1) is 5.92 Å². The minimum absolute atomic E-state index is 0.0339. The second kappa shape index (κ2) is 10.9. The number of amides is 2. The Morgan fingerprint density at radius 3 is 2.66 bits per heavy atom. The second-order valence-corrected chi connectivity index (χ2v) is 9.94. The van der Waals surface area contributed by atoms with Crippen LogP contribution in [0.2, 0.25) is 0 Å². The fraction of sp³-hybridized carbons (Fsp3) is 0.379. The monoisotopic (exact) mass is 515 g/mol. The van der Waals surface area contributed by atoms with Gasteiger partial charge in [-0.2, -0.15) is 0 Å². The Bertz CT molecular complexity index is 1330. The summed E-state index contributed by atoms with van der Waals surface area (Å²) in [5.74, 6) is -0.661. The molecule has 0 spiro atoms. The predicted octanol–water partition coefficient (Wildman–Crippen LogP) is 2.96. The van der Waals surface area contributed by atoms with E-state index in [-0.39, 0.29) is 18.4 Å². The fourth-order valence-corrected chi connectivity index (χ4v) is 5.27. The predicted molar refractivity (Wildman–Crippen MR) is 143 cm³/mol. The zero-order chi connectivity index (χ0) is 26.7. The molecule has 198 valence electrons. The molecule has 2 aliphatic heterocycles. The molecule has 38 heavy (non-hydrogen) atoms. The number of aliphatic hydroxyl groups is 2. The van der Waals surface area contributed by atoms with E-state index in [0.717, 1.165) is 29.9 Å². The summed E-state index contributed by atoms with van der Waals surface area (Å²) >= 11 is 0. The van der Waals surface area contributed by atoms with Crippen molar-refractivity contribution in [2.24, 2.45) is 5.92 Å². The van der Waals surface area contributed by atoms with Crippen LogP contribution < -0.4 is 9.80 Å². The van der Waals surface area contributed by atoms with E-state index in [4.69, 9.17) is 5.11 Å². The third-order valence-corrected chi connectivity index (χ3v) is 7.40. The van der Waals surface area contributed by atoms with Crippen molar-refractivity contribution in [3.8, 4) is 0 Å². The van der Waals surface area contributed by atoms with Crippen LogP contribution >= 0.6 is 0 Å². The van der Waals surface area contributed by atoms with Gasteiger partial charge in [-0.1, -0.05) is 54.6 Å². The summed E-state index contributed by atoms with van der Waals surface area (Å²) in [4.78, 5) is 29.2. The third kappa shape index (κ3) is 4.87. The molecule has 1 saturated heterocycles. The lowest BCUT2D eigenvalue weighted by Crippen LogP contribution is -2.44. The highest BCUT2D eigenvalue weighted by Crippen LogP contribution is 2.45. The van der Waals surface area contributed by atoms with Crippen LogP contribution in [-0.2, 0) is 34.7 Å². The Balaban J connectivity index is 1.28. The molecule has 9 heteroatoms. The highest BCUT2D eigenvalue weighted by Gasteiger charge is 2.52. The van der Waals surface area contributed by atoms with Gasteiger partial charge in [0.15, 0.2) is 5.60 Å². The molecule has 3 aromatic rings. The lowest BCUT2D eigenvalue weighted by molar-refractivity contribution is -0.139. The van der Waals surface area contributed by atoms with Crippen LogP contribution in [-0.4, -0.2) is 50.2 Å². The molecule has 5 rings (SSSR count). The van der Waals surface area contributed by atoms with Crippen molar-refractivity contribution >= 4 is 23.2 Å². The normalized spacial score (nSPS) is 20.1. The number of aromatic nitrogens is 3. The molecule has 2 amide bonds. The number of hydrogen-bond donors (Lipinski definition) is 2. The minimum Gasteiger partial charge on any atom is -0.396 e. The molecule has 2 N–H and O–H groups in total. The van der Waals surface area contributed by atoms with Crippen molar-refractivity contribution in [1.82, 2.24) is 15.0 Å². The first-order chi connectivity index (χ1) is 18.4. The topological polar surface area (TPSA) is 112 Å². The minimum atomic E-state index is -1.67. The Morgan fingerprint density at radius 2 is 1.92 bits per heavy atom. The number of fused-ring (bicyclic) bond motifs is 1. The maximum Gasteiger partial charge on any atom is 0.264 e. The Morgan fingerprint density at radius 1 is 1.13 bits per heavy atom. The lowest BCUT2D eigenvalue weighted by atomic mass is 9.83. The highest BCUT2D eigenvalue weighted by atomic mass is 16.3. The van der Waals surface area contributed by atoms with Crippen LogP contribution in [0.4, 0.5) is 11.4 Å². The van der Waals surface area contributed by atoms with Gasteiger partial charge in [-0.15, -0.1) is 5.10 Å². The fourth-order valence-electron chi connectivity index (χ4n) is 5.27. The van der Waals surface area contributed by atoms with E-state index >= 15 is 0 Å². The maximum atomic E-state index is 13.7. The number of allylic oxidation sites excluding steroid dienone is 1. The zero-order valence-electron chi connectivity index (χ0n) is 21.5. The molecule has 3 heterocycles. The molecular weight excluding hydrogens is 482 g/mol. The van der Waals surface area contributed by atoms with Crippen molar-refractivity contribution in [1.29, 1.82) is 0 Å². The Hall–Kier alpha value is -3.82. The summed E-state index contributed by atoms with van der Waals surface area (Å²) in [6, 6.07) is 15.1. The molecule has 1 aromatic heterocycles. The van der Waals surface area contributed by atoms with Gasteiger partial charge in [0, 0.05) is 55.9 Å². The number of benzene rings is 2. The molecule has 2 atom stereocenters. The van der Waals surface area contributed by atoms with Gasteiger partial charge in [0.25, 0.3) is 5.91 Å².